The second-order valence-corrected chi connectivity index (χ2v) is 15.0. The van der Waals surface area contributed by atoms with Crippen LogP contribution in [0.25, 0.3) is 21.8 Å². The van der Waals surface area contributed by atoms with Crippen molar-refractivity contribution in [3.05, 3.63) is 133 Å². The van der Waals surface area contributed by atoms with Gasteiger partial charge in [0.05, 0.1) is 24.2 Å². The number of phenols is 1. The quantitative estimate of drug-likeness (QED) is 0.0508. The number of aromatic amines is 2. The van der Waals surface area contributed by atoms with E-state index in [1.807, 2.05) is 57.2 Å². The molecule has 1 aliphatic rings. The molecule has 15 nitrogen and oxygen atoms in total. The number of aryl methyl sites for hydroxylation is 2. The number of amides is 2. The topological polar surface area (TPSA) is 218 Å². The van der Waals surface area contributed by atoms with Crippen LogP contribution in [0.5, 0.6) is 28.7 Å². The van der Waals surface area contributed by atoms with Gasteiger partial charge >= 0.3 is 5.97 Å². The van der Waals surface area contributed by atoms with Crippen LogP contribution in [0.2, 0.25) is 0 Å². The third-order valence-electron chi connectivity index (χ3n) is 10.2. The Morgan fingerprint density at radius 3 is 1.69 bits per heavy atom. The van der Waals surface area contributed by atoms with Crippen molar-refractivity contribution in [2.75, 3.05) is 26.6 Å². The largest absolute Gasteiger partial charge is 0.507 e. The first-order valence-electron chi connectivity index (χ1n) is 21.4. The summed E-state index contributed by atoms with van der Waals surface area (Å²) in [5, 5.41) is 24.3. The number of para-hydroxylation sites is 1. The van der Waals surface area contributed by atoms with Gasteiger partial charge < -0.3 is 49.8 Å². The van der Waals surface area contributed by atoms with Gasteiger partial charge in [0.15, 0.2) is 11.5 Å². The number of carboxylic acids is 1. The summed E-state index contributed by atoms with van der Waals surface area (Å²) in [7, 11) is 0. The predicted octanol–water partition coefficient (Wildman–Crippen LogP) is 8.31. The fraction of sp³-hybridized carbons (Fsp3) is 0.327. The van der Waals surface area contributed by atoms with E-state index < -0.39 is 23.0 Å². The monoisotopic (exact) mass is 876 g/mol. The first-order chi connectivity index (χ1) is 30.9. The number of H-pyrrole nitrogens is 2. The fourth-order valence-corrected chi connectivity index (χ4v) is 6.71. The Hall–Kier alpha value is -7.29. The fourth-order valence-electron chi connectivity index (χ4n) is 6.71. The van der Waals surface area contributed by atoms with Gasteiger partial charge in [0.2, 0.25) is 6.79 Å². The molecule has 0 bridgehead atoms. The van der Waals surface area contributed by atoms with Gasteiger partial charge in [0.25, 0.3) is 22.9 Å². The number of aromatic nitrogens is 2. The third-order valence-corrected chi connectivity index (χ3v) is 10.2. The van der Waals surface area contributed by atoms with Gasteiger partial charge in [-0.1, -0.05) is 82.0 Å². The maximum absolute atomic E-state index is 12.7. The van der Waals surface area contributed by atoms with Crippen molar-refractivity contribution in [2.24, 2.45) is 0 Å². The number of fused-ring (bicyclic) bond motifs is 3. The highest BCUT2D eigenvalue weighted by atomic mass is 16.7. The molecular formula is C49H56N4O11. The number of hydrogen-bond donors (Lipinski definition) is 6. The van der Waals surface area contributed by atoms with Crippen LogP contribution in [0, 0.1) is 13.8 Å². The second-order valence-electron chi connectivity index (χ2n) is 15.0. The zero-order chi connectivity index (χ0) is 46.2. The Kier molecular flexibility index (Phi) is 17.3. The minimum atomic E-state index is -1.11. The van der Waals surface area contributed by atoms with Gasteiger partial charge in [0.1, 0.15) is 33.9 Å². The van der Waals surface area contributed by atoms with Crippen LogP contribution >= 0.6 is 0 Å². The smallest absolute Gasteiger partial charge is 0.339 e. The Balaban J connectivity index is 0.000000204. The van der Waals surface area contributed by atoms with Crippen molar-refractivity contribution in [1.82, 2.24) is 20.6 Å². The van der Waals surface area contributed by atoms with Crippen molar-refractivity contribution < 1.29 is 43.5 Å². The number of carbonyl (C=O) groups excluding carboxylic acids is 2. The van der Waals surface area contributed by atoms with Gasteiger partial charge in [-0.3, -0.25) is 19.2 Å². The van der Waals surface area contributed by atoms with E-state index >= 15 is 0 Å². The summed E-state index contributed by atoms with van der Waals surface area (Å²) in [5.41, 5.74) is 3.32. The number of benzene rings is 4. The molecule has 7 rings (SSSR count). The Labute approximate surface area is 370 Å². The molecular weight excluding hydrogens is 821 g/mol. The molecule has 0 fully saturated rings. The van der Waals surface area contributed by atoms with E-state index in [9.17, 15) is 24.0 Å². The normalized spacial score (nSPS) is 11.2. The first-order valence-corrected chi connectivity index (χ1v) is 21.4. The van der Waals surface area contributed by atoms with E-state index in [0.29, 0.717) is 53.8 Å². The van der Waals surface area contributed by atoms with Crippen LogP contribution in [0.15, 0.2) is 88.5 Å². The third kappa shape index (κ3) is 12.4. The number of aromatic carboxylic acids is 1. The molecule has 0 atom stereocenters. The number of unbranched alkanes of at least 4 members (excludes halogenated alkanes) is 4. The van der Waals surface area contributed by atoms with Crippen LogP contribution in [0.3, 0.4) is 0 Å². The summed E-state index contributed by atoms with van der Waals surface area (Å²) in [6.07, 6.45) is 6.38. The summed E-state index contributed by atoms with van der Waals surface area (Å²) in [4.78, 5) is 65.4. The lowest BCUT2D eigenvalue weighted by Crippen LogP contribution is -2.29. The minimum Gasteiger partial charge on any atom is -0.507 e. The Morgan fingerprint density at radius 1 is 0.656 bits per heavy atom. The van der Waals surface area contributed by atoms with Gasteiger partial charge in [-0.2, -0.15) is 0 Å². The number of hydrogen-bond acceptors (Lipinski definition) is 10. The first kappa shape index (κ1) is 47.8. The second kappa shape index (κ2) is 23.2. The summed E-state index contributed by atoms with van der Waals surface area (Å²) >= 11 is 0. The number of ether oxygens (including phenoxy) is 4. The highest BCUT2D eigenvalue weighted by Gasteiger charge is 2.18. The maximum atomic E-state index is 12.7. The lowest BCUT2D eigenvalue weighted by molar-refractivity contribution is 0.0693. The van der Waals surface area contributed by atoms with Crippen LogP contribution < -0.4 is 40.7 Å². The number of aromatic hydroxyl groups is 1. The average molecular weight is 877 g/mol. The minimum absolute atomic E-state index is 0.0639. The molecule has 2 amide bonds. The van der Waals surface area contributed by atoms with E-state index in [1.54, 1.807) is 30.3 Å². The molecule has 6 N–H and O–H groups in total. The summed E-state index contributed by atoms with van der Waals surface area (Å²) in [5.74, 6) is 0.582. The van der Waals surface area contributed by atoms with Crippen LogP contribution in [0.1, 0.15) is 107 Å². The Morgan fingerprint density at radius 2 is 1.19 bits per heavy atom. The average Bonchev–Trinajstić information content (AvgIpc) is 3.76. The number of nitrogens with one attached hydrogen (secondary N) is 4. The lowest BCUT2D eigenvalue weighted by Gasteiger charge is -2.13. The van der Waals surface area contributed by atoms with Gasteiger partial charge in [-0.15, -0.1) is 0 Å². The predicted molar refractivity (Wildman–Crippen MR) is 245 cm³/mol. The number of carboxylic acid groups (broad SMARTS) is 1. The highest BCUT2D eigenvalue weighted by molar-refractivity contribution is 5.99. The molecule has 338 valence electrons. The molecule has 0 aliphatic carbocycles. The van der Waals surface area contributed by atoms with Gasteiger partial charge in [0, 0.05) is 23.9 Å². The van der Waals surface area contributed by atoms with E-state index in [1.165, 1.54) is 12.1 Å². The van der Waals surface area contributed by atoms with Crippen molar-refractivity contribution >= 4 is 39.6 Å². The molecule has 2 aromatic heterocycles. The SMILES string of the molecule is CCCCCOc1c(C)ccc2cc(C(=O)NCC)c(=O)[nH]c12.CCCCCOc1c(C)ccc2cc(C(=O)NCc3ccc4c(c3)OCO4)c(=O)[nH]c12.O=C(O)c1ccccc1O. The van der Waals surface area contributed by atoms with Gasteiger partial charge in [-0.25, -0.2) is 4.79 Å². The van der Waals surface area contributed by atoms with Crippen LogP contribution in [-0.4, -0.2) is 64.5 Å². The molecule has 0 unspecified atom stereocenters. The molecule has 3 heterocycles. The van der Waals surface area contributed by atoms with Gasteiger partial charge in [-0.05, 0) is 86.7 Å². The molecule has 6 aromatic rings. The lowest BCUT2D eigenvalue weighted by atomic mass is 10.1. The van der Waals surface area contributed by atoms with E-state index in [2.05, 4.69) is 34.4 Å². The van der Waals surface area contributed by atoms with Crippen molar-refractivity contribution in [3.8, 4) is 28.7 Å². The standard InChI is InChI=1S/C24H26N2O5.C18H24N2O3.C7H6O3/c1-3-4-5-10-29-22-15(2)6-8-17-12-18(24(28)26-21(17)22)23(27)25-13-16-7-9-19-20(11-16)31-14-30-19;1-4-6-7-10-23-16-12(3)8-9-13-11-14(17(21)19-5-2)18(22)20-15(13)16;8-6-4-2-1-3-5(6)7(9)10/h6-9,11-12H,3-5,10,13-14H2,1-2H3,(H,25,27)(H,26,28);8-9,11H,4-7,10H2,1-3H3,(H,19,21)(H,20,22);1-4,8H,(H,9,10). The van der Waals surface area contributed by atoms with E-state index in [4.69, 9.17) is 29.2 Å². The van der Waals surface area contributed by atoms with Crippen LogP contribution in [-0.2, 0) is 6.54 Å². The molecule has 4 aromatic carbocycles. The van der Waals surface area contributed by atoms with Crippen molar-refractivity contribution in [2.45, 2.75) is 79.7 Å². The summed E-state index contributed by atoms with van der Waals surface area (Å²) < 4.78 is 22.5. The van der Waals surface area contributed by atoms with Crippen LogP contribution in [0.4, 0.5) is 0 Å². The zero-order valence-electron chi connectivity index (χ0n) is 36.9. The molecule has 0 radical (unpaired) electrons. The molecule has 64 heavy (non-hydrogen) atoms. The number of carbonyl (C=O) groups is 3. The number of rotatable bonds is 16. The Bertz CT molecular complexity index is 2710. The van der Waals surface area contributed by atoms with E-state index in [-0.39, 0.29) is 41.7 Å². The molecule has 15 heteroatoms. The molecule has 0 saturated heterocycles. The van der Waals surface area contributed by atoms with Crippen molar-refractivity contribution in [1.29, 1.82) is 0 Å². The molecule has 0 saturated carbocycles. The zero-order valence-corrected chi connectivity index (χ0v) is 36.9. The molecule has 0 spiro atoms. The summed E-state index contributed by atoms with van der Waals surface area (Å²) in [6.45, 7) is 12.1. The maximum Gasteiger partial charge on any atom is 0.339 e. The summed E-state index contributed by atoms with van der Waals surface area (Å²) in [6, 6.07) is 22.2. The van der Waals surface area contributed by atoms with Crippen molar-refractivity contribution in [3.63, 3.8) is 0 Å². The molecule has 1 aliphatic heterocycles. The van der Waals surface area contributed by atoms with E-state index in [0.717, 1.165) is 66.0 Å². The highest BCUT2D eigenvalue weighted by Crippen LogP contribution is 2.33. The number of pyridine rings is 2.